The highest BCUT2D eigenvalue weighted by molar-refractivity contribution is 6.07. The lowest BCUT2D eigenvalue weighted by molar-refractivity contribution is 0.0602. The zero-order chi connectivity index (χ0) is 16.9. The highest BCUT2D eigenvalue weighted by Gasteiger charge is 2.18. The van der Waals surface area contributed by atoms with E-state index in [4.69, 9.17) is 4.74 Å². The molecular weight excluding hydrogens is 308 g/mol. The maximum absolute atomic E-state index is 12.5. The summed E-state index contributed by atoms with van der Waals surface area (Å²) < 4.78 is 4.73. The number of anilines is 2. The lowest BCUT2D eigenvalue weighted by Crippen LogP contribution is -2.21. The minimum absolute atomic E-state index is 0.256. The third-order valence-electron chi connectivity index (χ3n) is 3.90. The van der Waals surface area contributed by atoms with Gasteiger partial charge < -0.3 is 15.0 Å². The molecule has 0 unspecified atom stereocenters. The fraction of sp³-hybridized carbons (Fsp3) is 0.294. The molecular formula is C17H18N4O3. The Kier molecular flexibility index (Phi) is 4.69. The minimum atomic E-state index is -0.508. The van der Waals surface area contributed by atoms with Crippen LogP contribution >= 0.6 is 0 Å². The molecule has 1 saturated heterocycles. The van der Waals surface area contributed by atoms with Gasteiger partial charge in [-0.1, -0.05) is 12.1 Å². The Bertz CT molecular complexity index is 757. The number of carbonyl (C=O) groups excluding carboxylic acids is 2. The van der Waals surface area contributed by atoms with Crippen LogP contribution in [0.3, 0.4) is 0 Å². The molecule has 1 aromatic carbocycles. The topological polar surface area (TPSA) is 84.4 Å². The maximum atomic E-state index is 12.5. The highest BCUT2D eigenvalue weighted by Crippen LogP contribution is 2.20. The number of methoxy groups -OCH3 is 1. The second-order valence-electron chi connectivity index (χ2n) is 5.45. The zero-order valence-electron chi connectivity index (χ0n) is 13.4. The number of amides is 1. The summed E-state index contributed by atoms with van der Waals surface area (Å²) in [7, 11) is 1.30. The number of aromatic nitrogens is 2. The predicted molar refractivity (Wildman–Crippen MR) is 89.2 cm³/mol. The number of rotatable bonds is 4. The van der Waals surface area contributed by atoms with Gasteiger partial charge in [-0.15, -0.1) is 0 Å². The van der Waals surface area contributed by atoms with Crippen molar-refractivity contribution in [1.29, 1.82) is 0 Å². The van der Waals surface area contributed by atoms with E-state index >= 15 is 0 Å². The van der Waals surface area contributed by atoms with E-state index in [9.17, 15) is 9.59 Å². The van der Waals surface area contributed by atoms with Crippen molar-refractivity contribution >= 4 is 23.4 Å². The van der Waals surface area contributed by atoms with E-state index in [1.54, 1.807) is 30.3 Å². The Morgan fingerprint density at radius 2 is 1.92 bits per heavy atom. The average molecular weight is 326 g/mol. The van der Waals surface area contributed by atoms with Crippen molar-refractivity contribution in [3.05, 3.63) is 47.9 Å². The summed E-state index contributed by atoms with van der Waals surface area (Å²) in [6.45, 7) is 1.87. The Balaban J connectivity index is 1.81. The lowest BCUT2D eigenvalue weighted by atomic mass is 10.1. The monoisotopic (exact) mass is 326 g/mol. The van der Waals surface area contributed by atoms with Crippen LogP contribution in [0.4, 0.5) is 11.5 Å². The molecule has 0 aliphatic carbocycles. The summed E-state index contributed by atoms with van der Waals surface area (Å²) in [4.78, 5) is 34.6. The number of carbonyl (C=O) groups is 2. The molecule has 1 amide bonds. The molecule has 24 heavy (non-hydrogen) atoms. The van der Waals surface area contributed by atoms with Gasteiger partial charge in [0.25, 0.3) is 5.91 Å². The summed E-state index contributed by atoms with van der Waals surface area (Å²) in [6, 6.07) is 8.35. The first-order chi connectivity index (χ1) is 11.7. The van der Waals surface area contributed by atoms with E-state index in [-0.39, 0.29) is 5.69 Å². The van der Waals surface area contributed by atoms with E-state index in [2.05, 4.69) is 20.2 Å². The number of nitrogens with one attached hydrogen (secondary N) is 1. The molecule has 0 atom stereocenters. The van der Waals surface area contributed by atoms with E-state index in [1.807, 2.05) is 0 Å². The first kappa shape index (κ1) is 15.9. The second kappa shape index (κ2) is 7.08. The van der Waals surface area contributed by atoms with Crippen molar-refractivity contribution in [2.75, 3.05) is 30.4 Å². The first-order valence-electron chi connectivity index (χ1n) is 7.74. The van der Waals surface area contributed by atoms with Gasteiger partial charge in [-0.05, 0) is 25.0 Å². The van der Waals surface area contributed by atoms with Gasteiger partial charge in [0, 0.05) is 19.2 Å². The van der Waals surface area contributed by atoms with Crippen LogP contribution in [-0.2, 0) is 4.74 Å². The van der Waals surface area contributed by atoms with Gasteiger partial charge >= 0.3 is 5.97 Å². The largest absolute Gasteiger partial charge is 0.465 e. The van der Waals surface area contributed by atoms with Gasteiger partial charge in [0.2, 0.25) is 0 Å². The number of nitrogens with zero attached hydrogens (tertiary/aromatic N) is 3. The number of hydrogen-bond donors (Lipinski definition) is 1. The van der Waals surface area contributed by atoms with Gasteiger partial charge in [0.1, 0.15) is 17.8 Å². The molecule has 0 spiro atoms. The van der Waals surface area contributed by atoms with Gasteiger partial charge in [0.05, 0.1) is 18.4 Å². The molecule has 1 fully saturated rings. The van der Waals surface area contributed by atoms with E-state index in [0.29, 0.717) is 11.3 Å². The van der Waals surface area contributed by atoms with Crippen LogP contribution in [0.5, 0.6) is 0 Å². The molecule has 1 N–H and O–H groups in total. The number of benzene rings is 1. The molecule has 0 saturated carbocycles. The molecule has 1 aromatic heterocycles. The predicted octanol–water partition coefficient (Wildman–Crippen LogP) is 2.12. The van der Waals surface area contributed by atoms with Crippen molar-refractivity contribution in [3.8, 4) is 0 Å². The molecule has 1 aliphatic rings. The third-order valence-corrected chi connectivity index (χ3v) is 3.90. The molecule has 7 heteroatoms. The number of hydrogen-bond acceptors (Lipinski definition) is 6. The van der Waals surface area contributed by atoms with Crippen molar-refractivity contribution in [1.82, 2.24) is 9.97 Å². The van der Waals surface area contributed by atoms with Gasteiger partial charge in [-0.3, -0.25) is 4.79 Å². The molecule has 3 rings (SSSR count). The molecule has 7 nitrogen and oxygen atoms in total. The minimum Gasteiger partial charge on any atom is -0.465 e. The Morgan fingerprint density at radius 1 is 1.17 bits per heavy atom. The van der Waals surface area contributed by atoms with E-state index in [0.717, 1.165) is 31.7 Å². The van der Waals surface area contributed by atoms with Crippen molar-refractivity contribution < 1.29 is 14.3 Å². The van der Waals surface area contributed by atoms with Crippen LogP contribution in [0.25, 0.3) is 0 Å². The molecule has 2 aromatic rings. The van der Waals surface area contributed by atoms with Crippen molar-refractivity contribution in [2.45, 2.75) is 12.8 Å². The van der Waals surface area contributed by atoms with Crippen LogP contribution in [0, 0.1) is 0 Å². The zero-order valence-corrected chi connectivity index (χ0v) is 13.4. The highest BCUT2D eigenvalue weighted by atomic mass is 16.5. The van der Waals surface area contributed by atoms with Crippen LogP contribution in [0.15, 0.2) is 36.7 Å². The summed E-state index contributed by atoms with van der Waals surface area (Å²) in [5.41, 5.74) is 0.935. The quantitative estimate of drug-likeness (QED) is 0.866. The number of esters is 1. The number of para-hydroxylation sites is 1. The lowest BCUT2D eigenvalue weighted by Gasteiger charge is -2.16. The Hall–Kier alpha value is -2.96. The molecule has 0 bridgehead atoms. The summed E-state index contributed by atoms with van der Waals surface area (Å²) in [5.74, 6) is -0.158. The summed E-state index contributed by atoms with van der Waals surface area (Å²) in [5, 5.41) is 2.71. The van der Waals surface area contributed by atoms with Gasteiger partial charge in [-0.2, -0.15) is 0 Å². The van der Waals surface area contributed by atoms with Crippen molar-refractivity contribution in [2.24, 2.45) is 0 Å². The van der Waals surface area contributed by atoms with Gasteiger partial charge in [0.15, 0.2) is 0 Å². The van der Waals surface area contributed by atoms with Gasteiger partial charge in [-0.25, -0.2) is 14.8 Å². The normalized spacial score (nSPS) is 13.6. The standard InChI is InChI=1S/C17H18N4O3/c1-24-17(23)12-6-2-3-7-13(12)20-16(22)14-10-15(19-11-18-14)21-8-4-5-9-21/h2-3,6-7,10-11H,4-5,8-9H2,1H3,(H,20,22). The van der Waals surface area contributed by atoms with Crippen molar-refractivity contribution in [3.63, 3.8) is 0 Å². The third kappa shape index (κ3) is 3.34. The Morgan fingerprint density at radius 3 is 2.67 bits per heavy atom. The van der Waals surface area contributed by atoms with Crippen LogP contribution in [0.1, 0.15) is 33.7 Å². The molecule has 124 valence electrons. The molecule has 2 heterocycles. The fourth-order valence-corrected chi connectivity index (χ4v) is 2.66. The molecule has 1 aliphatic heterocycles. The van der Waals surface area contributed by atoms with Crippen LogP contribution in [0.2, 0.25) is 0 Å². The SMILES string of the molecule is COC(=O)c1ccccc1NC(=O)c1cc(N2CCCC2)ncn1. The second-order valence-corrected chi connectivity index (χ2v) is 5.45. The van der Waals surface area contributed by atoms with Crippen LogP contribution in [-0.4, -0.2) is 42.0 Å². The van der Waals surface area contributed by atoms with E-state index in [1.165, 1.54) is 13.4 Å². The van der Waals surface area contributed by atoms with E-state index < -0.39 is 11.9 Å². The Labute approximate surface area is 139 Å². The average Bonchev–Trinajstić information content (AvgIpc) is 3.16. The molecule has 0 radical (unpaired) electrons. The fourth-order valence-electron chi connectivity index (χ4n) is 2.66. The smallest absolute Gasteiger partial charge is 0.339 e. The summed E-state index contributed by atoms with van der Waals surface area (Å²) >= 11 is 0. The first-order valence-corrected chi connectivity index (χ1v) is 7.74. The number of ether oxygens (including phenoxy) is 1. The maximum Gasteiger partial charge on any atom is 0.339 e. The van der Waals surface area contributed by atoms with Crippen LogP contribution < -0.4 is 10.2 Å². The summed E-state index contributed by atoms with van der Waals surface area (Å²) in [6.07, 6.45) is 3.63.